The third-order valence-electron chi connectivity index (χ3n) is 10.3. The maximum absolute atomic E-state index is 4.44. The van der Waals surface area contributed by atoms with Crippen molar-refractivity contribution < 1.29 is 0 Å². The van der Waals surface area contributed by atoms with Gasteiger partial charge < -0.3 is 0 Å². The summed E-state index contributed by atoms with van der Waals surface area (Å²) >= 11 is 0. The van der Waals surface area contributed by atoms with Crippen LogP contribution < -0.4 is 0 Å². The maximum Gasteiger partial charge on any atom is -0.00908 e. The first-order valence-electron chi connectivity index (χ1n) is 12.4. The van der Waals surface area contributed by atoms with E-state index in [0.717, 1.165) is 35.5 Å². The van der Waals surface area contributed by atoms with Crippen LogP contribution in [0.2, 0.25) is 0 Å². The summed E-state index contributed by atoms with van der Waals surface area (Å²) in [5.74, 6) is 5.79. The Hall–Kier alpha value is -0.260. The summed E-state index contributed by atoms with van der Waals surface area (Å²) in [6.45, 7) is 19.3. The van der Waals surface area contributed by atoms with Gasteiger partial charge in [0.05, 0.1) is 0 Å². The smallest absolute Gasteiger partial charge is 0.00908 e. The molecule has 6 unspecified atom stereocenters. The molecule has 3 fully saturated rings. The normalized spacial score (nSPS) is 45.6. The first-order valence-corrected chi connectivity index (χ1v) is 12.4. The topological polar surface area (TPSA) is 0 Å². The van der Waals surface area contributed by atoms with Gasteiger partial charge in [0.1, 0.15) is 0 Å². The predicted octanol–water partition coefficient (Wildman–Crippen LogP) is 8.66. The molecule has 0 aliphatic heterocycles. The zero-order valence-electron chi connectivity index (χ0n) is 19.4. The Morgan fingerprint density at radius 1 is 1.07 bits per heavy atom. The summed E-state index contributed by atoms with van der Waals surface area (Å²) in [6, 6.07) is 0. The van der Waals surface area contributed by atoms with E-state index in [4.69, 9.17) is 0 Å². The molecule has 0 aromatic carbocycles. The van der Waals surface area contributed by atoms with E-state index in [1.165, 1.54) is 69.8 Å². The van der Waals surface area contributed by atoms with E-state index in [0.29, 0.717) is 10.8 Å². The molecule has 8 atom stereocenters. The van der Waals surface area contributed by atoms with Gasteiger partial charge in [-0.1, -0.05) is 72.5 Å². The second kappa shape index (κ2) is 8.23. The molecule has 0 aromatic heterocycles. The van der Waals surface area contributed by atoms with Gasteiger partial charge in [0.25, 0.3) is 0 Å². The first-order chi connectivity index (χ1) is 12.8. The molecule has 0 heteroatoms. The van der Waals surface area contributed by atoms with Crippen molar-refractivity contribution in [2.45, 2.75) is 112 Å². The van der Waals surface area contributed by atoms with Gasteiger partial charge >= 0.3 is 0 Å². The summed E-state index contributed by atoms with van der Waals surface area (Å²) in [4.78, 5) is 0. The van der Waals surface area contributed by atoms with Crippen molar-refractivity contribution in [1.29, 1.82) is 0 Å². The van der Waals surface area contributed by atoms with Gasteiger partial charge in [-0.2, -0.15) is 0 Å². The van der Waals surface area contributed by atoms with Crippen LogP contribution in [0, 0.1) is 46.3 Å². The molecule has 156 valence electrons. The van der Waals surface area contributed by atoms with Crippen LogP contribution in [0.4, 0.5) is 0 Å². The van der Waals surface area contributed by atoms with Crippen LogP contribution in [0.15, 0.2) is 12.2 Å². The van der Waals surface area contributed by atoms with Crippen molar-refractivity contribution in [3.8, 4) is 0 Å². The fourth-order valence-corrected chi connectivity index (χ4v) is 7.94. The number of hydrogen-bond donors (Lipinski definition) is 0. The second-order valence-electron chi connectivity index (χ2n) is 11.5. The highest BCUT2D eigenvalue weighted by atomic mass is 14.6. The largest absolute Gasteiger partial charge is 0.0996 e. The van der Waals surface area contributed by atoms with E-state index in [9.17, 15) is 0 Å². The number of fused-ring (bicyclic) bond motifs is 3. The number of rotatable bonds is 6. The van der Waals surface area contributed by atoms with Crippen LogP contribution in [0.1, 0.15) is 112 Å². The molecule has 0 heterocycles. The van der Waals surface area contributed by atoms with Gasteiger partial charge in [-0.3, -0.25) is 0 Å². The molecule has 0 N–H and O–H groups in total. The van der Waals surface area contributed by atoms with Crippen LogP contribution in [0.5, 0.6) is 0 Å². The Balaban J connectivity index is 1.71. The summed E-state index contributed by atoms with van der Waals surface area (Å²) in [6.07, 6.45) is 16.1. The van der Waals surface area contributed by atoms with Gasteiger partial charge in [-0.15, -0.1) is 0 Å². The molecule has 0 saturated heterocycles. The number of allylic oxidation sites excluding steroid dienone is 1. The zero-order chi connectivity index (χ0) is 19.8. The lowest BCUT2D eigenvalue weighted by atomic mass is 9.43. The minimum absolute atomic E-state index is 0.395. The van der Waals surface area contributed by atoms with Gasteiger partial charge in [0, 0.05) is 0 Å². The van der Waals surface area contributed by atoms with Crippen molar-refractivity contribution in [3.05, 3.63) is 12.2 Å². The Kier molecular flexibility index (Phi) is 6.54. The Morgan fingerprint density at radius 3 is 2.44 bits per heavy atom. The molecule has 0 amide bonds. The molecule has 0 bridgehead atoms. The second-order valence-corrected chi connectivity index (χ2v) is 11.5. The van der Waals surface area contributed by atoms with E-state index in [1.54, 1.807) is 6.42 Å². The average molecular weight is 373 g/mol. The van der Waals surface area contributed by atoms with Crippen LogP contribution in [0.25, 0.3) is 0 Å². The third-order valence-corrected chi connectivity index (χ3v) is 10.3. The molecule has 0 radical (unpaired) electrons. The molecule has 3 aliphatic rings. The Bertz CT molecular complexity index is 518. The molecule has 27 heavy (non-hydrogen) atoms. The van der Waals surface area contributed by atoms with Crippen LogP contribution >= 0.6 is 0 Å². The predicted molar refractivity (Wildman–Crippen MR) is 120 cm³/mol. The molecular formula is C27H48. The SMILES string of the molecule is C=C(C)[C@@]1(C)CCC2C(CCC3CC(CCC(C)CC)CC[C@@]32C)C1CC. The van der Waals surface area contributed by atoms with Gasteiger partial charge in [-0.25, -0.2) is 0 Å². The van der Waals surface area contributed by atoms with E-state index < -0.39 is 0 Å². The summed E-state index contributed by atoms with van der Waals surface area (Å²) in [5.41, 5.74) is 2.49. The lowest BCUT2D eigenvalue weighted by Gasteiger charge is -2.62. The highest BCUT2D eigenvalue weighted by Gasteiger charge is 2.56. The zero-order valence-corrected chi connectivity index (χ0v) is 19.4. The molecule has 0 nitrogen and oxygen atoms in total. The maximum atomic E-state index is 4.44. The van der Waals surface area contributed by atoms with Crippen molar-refractivity contribution >= 4 is 0 Å². The fraction of sp³-hybridized carbons (Fsp3) is 0.926. The molecule has 3 saturated carbocycles. The van der Waals surface area contributed by atoms with Crippen LogP contribution in [0.3, 0.4) is 0 Å². The van der Waals surface area contributed by atoms with Crippen LogP contribution in [-0.4, -0.2) is 0 Å². The summed E-state index contributed by atoms with van der Waals surface area (Å²) in [7, 11) is 0. The van der Waals surface area contributed by atoms with E-state index in [2.05, 4.69) is 48.1 Å². The first kappa shape index (κ1) is 21.4. The van der Waals surface area contributed by atoms with Crippen molar-refractivity contribution in [2.24, 2.45) is 46.3 Å². The van der Waals surface area contributed by atoms with Gasteiger partial charge in [0.2, 0.25) is 0 Å². The highest BCUT2D eigenvalue weighted by molar-refractivity contribution is 5.14. The summed E-state index contributed by atoms with van der Waals surface area (Å²) in [5, 5.41) is 0. The fourth-order valence-electron chi connectivity index (χ4n) is 7.94. The minimum Gasteiger partial charge on any atom is -0.0996 e. The van der Waals surface area contributed by atoms with Crippen molar-refractivity contribution in [2.75, 3.05) is 0 Å². The summed E-state index contributed by atoms with van der Waals surface area (Å²) < 4.78 is 0. The van der Waals surface area contributed by atoms with Gasteiger partial charge in [-0.05, 0) is 98.2 Å². The van der Waals surface area contributed by atoms with E-state index in [-0.39, 0.29) is 0 Å². The molecule has 0 spiro atoms. The quantitative estimate of drug-likeness (QED) is 0.409. The average Bonchev–Trinajstić information content (AvgIpc) is 2.65. The van der Waals surface area contributed by atoms with Crippen molar-refractivity contribution in [1.82, 2.24) is 0 Å². The van der Waals surface area contributed by atoms with Crippen LogP contribution in [-0.2, 0) is 0 Å². The molecular weight excluding hydrogens is 324 g/mol. The Labute approximate surface area is 171 Å². The Morgan fingerprint density at radius 2 is 1.81 bits per heavy atom. The molecule has 0 aromatic rings. The van der Waals surface area contributed by atoms with Crippen molar-refractivity contribution in [3.63, 3.8) is 0 Å². The standard InChI is InChI=1S/C27H48/c1-8-20(5)10-11-21-14-16-27(7)22(18-21)12-13-23-24(9-2)26(6,19(3)4)17-15-25(23)27/h20-25H,3,8-18H2,1-2,4-7H3/t20?,21?,22?,23?,24?,25?,26-,27+/m1/s1. The monoisotopic (exact) mass is 372 g/mol. The minimum atomic E-state index is 0.395. The highest BCUT2D eigenvalue weighted by Crippen LogP contribution is 2.65. The molecule has 3 rings (SSSR count). The van der Waals surface area contributed by atoms with E-state index >= 15 is 0 Å². The lowest BCUT2D eigenvalue weighted by Crippen LogP contribution is -2.53. The van der Waals surface area contributed by atoms with E-state index in [1.807, 2.05) is 0 Å². The lowest BCUT2D eigenvalue weighted by molar-refractivity contribution is -0.113. The third kappa shape index (κ3) is 3.81. The molecule has 3 aliphatic carbocycles. The van der Waals surface area contributed by atoms with Gasteiger partial charge in [0.15, 0.2) is 0 Å². The number of hydrogen-bond acceptors (Lipinski definition) is 0.